The van der Waals surface area contributed by atoms with Crippen LogP contribution in [0.3, 0.4) is 0 Å². The van der Waals surface area contributed by atoms with E-state index in [1.54, 1.807) is 6.26 Å². The largest absolute Gasteiger partial charge is 0.469 e. The third-order valence-corrected chi connectivity index (χ3v) is 3.71. The molecule has 0 saturated carbocycles. The molecule has 0 amide bonds. The molecule has 2 rings (SSSR count). The quantitative estimate of drug-likeness (QED) is 0.241. The first-order chi connectivity index (χ1) is 11.7. The minimum Gasteiger partial charge on any atom is -0.469 e. The molecular weight excluding hydrogens is 433 g/mol. The molecule has 1 aromatic rings. The Morgan fingerprint density at radius 3 is 2.88 bits per heavy atom. The molecule has 1 aliphatic rings. The number of nitrogens with one attached hydrogen (secondary N) is 2. The fourth-order valence-corrected chi connectivity index (χ4v) is 2.38. The van der Waals surface area contributed by atoms with Crippen molar-refractivity contribution in [3.63, 3.8) is 0 Å². The molecule has 0 radical (unpaired) electrons. The maximum atomic E-state index is 5.78. The van der Waals surface area contributed by atoms with Gasteiger partial charge < -0.3 is 24.5 Å². The fourth-order valence-electron chi connectivity index (χ4n) is 2.38. The monoisotopic (exact) mass is 465 g/mol. The Kier molecular flexibility index (Phi) is 11.9. The first kappa shape index (κ1) is 22.2. The molecule has 2 heterocycles. The van der Waals surface area contributed by atoms with E-state index in [1.807, 2.05) is 12.1 Å². The maximum Gasteiger partial charge on any atom is 0.191 e. The zero-order chi connectivity index (χ0) is 17.0. The molecule has 1 atom stereocenters. The van der Waals surface area contributed by atoms with Crippen molar-refractivity contribution in [2.24, 2.45) is 10.9 Å². The van der Waals surface area contributed by atoms with Crippen molar-refractivity contribution in [3.8, 4) is 0 Å². The van der Waals surface area contributed by atoms with Crippen LogP contribution in [0.25, 0.3) is 0 Å². The Bertz CT molecular complexity index is 460. The summed E-state index contributed by atoms with van der Waals surface area (Å²) in [6.07, 6.45) is 4.81. The van der Waals surface area contributed by atoms with E-state index >= 15 is 0 Å². The van der Waals surface area contributed by atoms with Gasteiger partial charge >= 0.3 is 0 Å². The van der Waals surface area contributed by atoms with Crippen molar-refractivity contribution in [3.05, 3.63) is 24.2 Å². The van der Waals surface area contributed by atoms with Crippen LogP contribution in [-0.2, 0) is 15.9 Å². The van der Waals surface area contributed by atoms with Crippen molar-refractivity contribution in [1.82, 2.24) is 10.6 Å². The lowest BCUT2D eigenvalue weighted by atomic mass is 10.2. The molecule has 7 heteroatoms. The Hall–Kier alpha value is -0.800. The van der Waals surface area contributed by atoms with Gasteiger partial charge in [0.1, 0.15) is 5.76 Å². The second kappa shape index (κ2) is 13.4. The minimum absolute atomic E-state index is 0. The molecule has 1 aliphatic heterocycles. The number of ether oxygens (including phenoxy) is 2. The number of hydrogen-bond acceptors (Lipinski definition) is 4. The van der Waals surface area contributed by atoms with Gasteiger partial charge in [0.15, 0.2) is 5.96 Å². The van der Waals surface area contributed by atoms with Crippen LogP contribution in [0.5, 0.6) is 0 Å². The van der Waals surface area contributed by atoms with Gasteiger partial charge in [-0.2, -0.15) is 0 Å². The third kappa shape index (κ3) is 10.1. The van der Waals surface area contributed by atoms with Crippen LogP contribution in [0.4, 0.5) is 0 Å². The van der Waals surface area contributed by atoms with Crippen molar-refractivity contribution < 1.29 is 13.9 Å². The van der Waals surface area contributed by atoms with Crippen molar-refractivity contribution in [2.75, 3.05) is 39.5 Å². The summed E-state index contributed by atoms with van der Waals surface area (Å²) in [7, 11) is 0. The highest BCUT2D eigenvalue weighted by molar-refractivity contribution is 14.0. The van der Waals surface area contributed by atoms with E-state index in [2.05, 4.69) is 29.5 Å². The number of nitrogens with zero attached hydrogens (tertiary/aromatic N) is 1. The van der Waals surface area contributed by atoms with Crippen LogP contribution in [0.1, 0.15) is 32.4 Å². The Morgan fingerprint density at radius 1 is 1.36 bits per heavy atom. The third-order valence-electron chi connectivity index (χ3n) is 3.71. The van der Waals surface area contributed by atoms with E-state index in [-0.39, 0.29) is 30.1 Å². The molecular formula is C18H32IN3O3. The summed E-state index contributed by atoms with van der Waals surface area (Å²) >= 11 is 0. The zero-order valence-corrected chi connectivity index (χ0v) is 17.7. The maximum absolute atomic E-state index is 5.78. The molecule has 144 valence electrons. The Labute approximate surface area is 168 Å². The number of hydrogen-bond donors (Lipinski definition) is 2. The molecule has 0 aliphatic carbocycles. The summed E-state index contributed by atoms with van der Waals surface area (Å²) in [6.45, 7) is 9.11. The smallest absolute Gasteiger partial charge is 0.191 e. The first-order valence-electron chi connectivity index (χ1n) is 8.98. The van der Waals surface area contributed by atoms with E-state index in [0.29, 0.717) is 5.92 Å². The van der Waals surface area contributed by atoms with E-state index in [4.69, 9.17) is 13.9 Å². The van der Waals surface area contributed by atoms with Crippen LogP contribution < -0.4 is 10.6 Å². The van der Waals surface area contributed by atoms with Crippen molar-refractivity contribution >= 4 is 29.9 Å². The summed E-state index contributed by atoms with van der Waals surface area (Å²) in [5, 5.41) is 6.74. The lowest BCUT2D eigenvalue weighted by molar-refractivity contribution is 0.0420. The minimum atomic E-state index is 0. The van der Waals surface area contributed by atoms with Crippen LogP contribution in [0.15, 0.2) is 27.8 Å². The number of aliphatic imine (C=N–C) groups is 1. The van der Waals surface area contributed by atoms with E-state index in [0.717, 1.165) is 70.4 Å². The van der Waals surface area contributed by atoms with E-state index in [9.17, 15) is 0 Å². The number of halogens is 1. The summed E-state index contributed by atoms with van der Waals surface area (Å²) in [4.78, 5) is 4.62. The van der Waals surface area contributed by atoms with Crippen LogP contribution in [0, 0.1) is 5.92 Å². The first-order valence-corrected chi connectivity index (χ1v) is 8.98. The molecule has 0 spiro atoms. The van der Waals surface area contributed by atoms with Crippen molar-refractivity contribution in [1.29, 1.82) is 0 Å². The lowest BCUT2D eigenvalue weighted by Crippen LogP contribution is -2.39. The van der Waals surface area contributed by atoms with Gasteiger partial charge in [-0.1, -0.05) is 13.8 Å². The van der Waals surface area contributed by atoms with Crippen LogP contribution >= 0.6 is 24.0 Å². The molecule has 25 heavy (non-hydrogen) atoms. The van der Waals surface area contributed by atoms with Crippen LogP contribution in [0.2, 0.25) is 0 Å². The van der Waals surface area contributed by atoms with Gasteiger partial charge in [-0.15, -0.1) is 24.0 Å². The average molecular weight is 465 g/mol. The molecule has 6 nitrogen and oxygen atoms in total. The molecule has 1 aromatic heterocycles. The highest BCUT2D eigenvalue weighted by Gasteiger charge is 2.15. The summed E-state index contributed by atoms with van der Waals surface area (Å²) in [5.41, 5.74) is 0. The average Bonchev–Trinajstić information content (AvgIpc) is 3.25. The molecule has 0 aromatic carbocycles. The van der Waals surface area contributed by atoms with Gasteiger partial charge in [-0.25, -0.2) is 0 Å². The molecule has 1 fully saturated rings. The van der Waals surface area contributed by atoms with Gasteiger partial charge in [0.05, 0.1) is 19.0 Å². The predicted molar refractivity (Wildman–Crippen MR) is 111 cm³/mol. The molecule has 1 saturated heterocycles. The topological polar surface area (TPSA) is 68.0 Å². The van der Waals surface area contributed by atoms with Gasteiger partial charge in [-0.3, -0.25) is 4.99 Å². The standard InChI is InChI=1S/C18H31N3O3.HI/c1-15(2)13-21-18(20-9-6-16-5-3-10-23-16)19-8-4-11-24-17-7-12-22-14-17;/h3,5,10,15,17H,4,6-9,11-14H2,1-2H3,(H2,19,20,21);1H. The predicted octanol–water partition coefficient (Wildman–Crippen LogP) is 2.83. The number of guanidine groups is 1. The zero-order valence-electron chi connectivity index (χ0n) is 15.3. The summed E-state index contributed by atoms with van der Waals surface area (Å²) in [5.74, 6) is 2.39. The van der Waals surface area contributed by atoms with Gasteiger partial charge in [0.2, 0.25) is 0 Å². The van der Waals surface area contributed by atoms with Crippen molar-refractivity contribution in [2.45, 2.75) is 39.2 Å². The van der Waals surface area contributed by atoms with Gasteiger partial charge in [0, 0.05) is 39.3 Å². The highest BCUT2D eigenvalue weighted by Crippen LogP contribution is 2.07. The molecule has 0 bridgehead atoms. The Balaban J connectivity index is 0.00000312. The fraction of sp³-hybridized carbons (Fsp3) is 0.722. The second-order valence-electron chi connectivity index (χ2n) is 6.48. The Morgan fingerprint density at radius 2 is 2.20 bits per heavy atom. The number of rotatable bonds is 10. The normalized spacial score (nSPS) is 17.6. The van der Waals surface area contributed by atoms with Crippen LogP contribution in [-0.4, -0.2) is 51.5 Å². The number of furan rings is 1. The SMILES string of the molecule is CC(C)CN=C(NCCCOC1CCOC1)NCCc1ccco1.I. The van der Waals surface area contributed by atoms with Gasteiger partial charge in [0.25, 0.3) is 0 Å². The lowest BCUT2D eigenvalue weighted by Gasteiger charge is -2.14. The molecule has 2 N–H and O–H groups in total. The summed E-state index contributed by atoms with van der Waals surface area (Å²) < 4.78 is 16.4. The summed E-state index contributed by atoms with van der Waals surface area (Å²) in [6, 6.07) is 3.90. The van der Waals surface area contributed by atoms with Gasteiger partial charge in [-0.05, 0) is 30.9 Å². The highest BCUT2D eigenvalue weighted by atomic mass is 127. The second-order valence-corrected chi connectivity index (χ2v) is 6.48. The molecule has 1 unspecified atom stereocenters. The van der Waals surface area contributed by atoms with E-state index < -0.39 is 0 Å². The van der Waals surface area contributed by atoms with E-state index in [1.165, 1.54) is 0 Å².